The number of rotatable bonds is 4. The van der Waals surface area contributed by atoms with Crippen molar-refractivity contribution in [1.29, 1.82) is 0 Å². The molecule has 3 heterocycles. The molecule has 0 saturated heterocycles. The Morgan fingerprint density at radius 3 is 2.89 bits per heavy atom. The molecule has 0 aliphatic carbocycles. The molecule has 0 atom stereocenters. The first-order chi connectivity index (χ1) is 12.9. The molecule has 0 bridgehead atoms. The molecule has 4 rings (SSSR count). The molecule has 138 valence electrons. The maximum atomic E-state index is 12.4. The second kappa shape index (κ2) is 6.66. The number of aryl methyl sites for hydroxylation is 3. The standard InChI is InChI=1S/C20H20N4O2S/c1-11-6-14(18-16(7-11)12(2)13(3)23-18)8-21-17(25)9-24-10-22-19-15(20(24)26)4-5-27-19/h4-7,10,23H,8-9H2,1-3H3,(H,21,25). The van der Waals surface area contributed by atoms with Crippen LogP contribution in [-0.4, -0.2) is 20.4 Å². The third kappa shape index (κ3) is 3.14. The van der Waals surface area contributed by atoms with Gasteiger partial charge in [0.25, 0.3) is 5.56 Å². The van der Waals surface area contributed by atoms with E-state index in [1.807, 2.05) is 19.2 Å². The highest BCUT2D eigenvalue weighted by Gasteiger charge is 2.12. The average Bonchev–Trinajstić information content (AvgIpc) is 3.22. The van der Waals surface area contributed by atoms with Crippen LogP contribution in [0.1, 0.15) is 22.4 Å². The van der Waals surface area contributed by atoms with E-state index < -0.39 is 0 Å². The minimum Gasteiger partial charge on any atom is -0.358 e. The molecule has 6 nitrogen and oxygen atoms in total. The van der Waals surface area contributed by atoms with Gasteiger partial charge in [0.1, 0.15) is 11.4 Å². The third-order valence-electron chi connectivity index (χ3n) is 4.88. The Morgan fingerprint density at radius 2 is 2.07 bits per heavy atom. The van der Waals surface area contributed by atoms with Gasteiger partial charge in [0.2, 0.25) is 5.91 Å². The summed E-state index contributed by atoms with van der Waals surface area (Å²) in [5.74, 6) is -0.219. The largest absolute Gasteiger partial charge is 0.358 e. The van der Waals surface area contributed by atoms with Gasteiger partial charge in [0.15, 0.2) is 0 Å². The van der Waals surface area contributed by atoms with E-state index in [0.29, 0.717) is 16.8 Å². The fourth-order valence-electron chi connectivity index (χ4n) is 3.34. The molecule has 27 heavy (non-hydrogen) atoms. The Labute approximate surface area is 159 Å². The minimum absolute atomic E-state index is 0.0463. The Morgan fingerprint density at radius 1 is 1.26 bits per heavy atom. The Hall–Kier alpha value is -2.93. The van der Waals surface area contributed by atoms with Crippen LogP contribution in [0.2, 0.25) is 0 Å². The number of thiophene rings is 1. The number of carbonyl (C=O) groups excluding carboxylic acids is 1. The van der Waals surface area contributed by atoms with Gasteiger partial charge in [-0.05, 0) is 49.4 Å². The van der Waals surface area contributed by atoms with Crippen LogP contribution in [-0.2, 0) is 17.9 Å². The van der Waals surface area contributed by atoms with Crippen LogP contribution in [0.4, 0.5) is 0 Å². The zero-order valence-electron chi connectivity index (χ0n) is 15.4. The average molecular weight is 380 g/mol. The summed E-state index contributed by atoms with van der Waals surface area (Å²) in [6.07, 6.45) is 1.43. The molecular formula is C20H20N4O2S. The molecule has 0 aliphatic rings. The maximum Gasteiger partial charge on any atom is 0.262 e. The number of nitrogens with zero attached hydrogens (tertiary/aromatic N) is 2. The topological polar surface area (TPSA) is 79.8 Å². The molecular weight excluding hydrogens is 360 g/mol. The molecule has 0 saturated carbocycles. The highest BCUT2D eigenvalue weighted by molar-refractivity contribution is 7.16. The van der Waals surface area contributed by atoms with Crippen molar-refractivity contribution in [1.82, 2.24) is 19.9 Å². The molecule has 3 aromatic heterocycles. The number of hydrogen-bond donors (Lipinski definition) is 2. The second-order valence-electron chi connectivity index (χ2n) is 6.82. The summed E-state index contributed by atoms with van der Waals surface area (Å²) in [5, 5.41) is 6.48. The molecule has 7 heteroatoms. The van der Waals surface area contributed by atoms with Crippen LogP contribution in [0, 0.1) is 20.8 Å². The van der Waals surface area contributed by atoms with Crippen molar-refractivity contribution >= 4 is 38.4 Å². The Kier molecular flexibility index (Phi) is 4.31. The van der Waals surface area contributed by atoms with Crippen molar-refractivity contribution in [2.24, 2.45) is 0 Å². The number of carbonyl (C=O) groups is 1. The number of nitrogens with one attached hydrogen (secondary N) is 2. The summed E-state index contributed by atoms with van der Waals surface area (Å²) < 4.78 is 1.35. The van der Waals surface area contributed by atoms with Crippen LogP contribution in [0.15, 0.2) is 34.7 Å². The fourth-order valence-corrected chi connectivity index (χ4v) is 4.06. The summed E-state index contributed by atoms with van der Waals surface area (Å²) in [5.41, 5.74) is 5.40. The van der Waals surface area contributed by atoms with E-state index in [1.165, 1.54) is 33.2 Å². The molecule has 0 radical (unpaired) electrons. The van der Waals surface area contributed by atoms with E-state index >= 15 is 0 Å². The van der Waals surface area contributed by atoms with Crippen LogP contribution in [0.5, 0.6) is 0 Å². The van der Waals surface area contributed by atoms with Crippen LogP contribution < -0.4 is 10.9 Å². The number of benzene rings is 1. The van der Waals surface area contributed by atoms with E-state index in [2.05, 4.69) is 34.3 Å². The lowest BCUT2D eigenvalue weighted by molar-refractivity contribution is -0.121. The maximum absolute atomic E-state index is 12.4. The first-order valence-electron chi connectivity index (χ1n) is 8.72. The fraction of sp³-hybridized carbons (Fsp3) is 0.250. The quantitative estimate of drug-likeness (QED) is 0.571. The van der Waals surface area contributed by atoms with Crippen molar-refractivity contribution in [2.75, 3.05) is 0 Å². The number of aromatic nitrogens is 3. The van der Waals surface area contributed by atoms with E-state index in [4.69, 9.17) is 0 Å². The number of fused-ring (bicyclic) bond motifs is 2. The lowest BCUT2D eigenvalue weighted by Crippen LogP contribution is -2.32. The van der Waals surface area contributed by atoms with Crippen molar-refractivity contribution < 1.29 is 4.79 Å². The van der Waals surface area contributed by atoms with Gasteiger partial charge >= 0.3 is 0 Å². The van der Waals surface area contributed by atoms with Gasteiger partial charge in [0.05, 0.1) is 17.2 Å². The van der Waals surface area contributed by atoms with E-state index in [1.54, 1.807) is 6.07 Å². The lowest BCUT2D eigenvalue weighted by atomic mass is 10.0. The highest BCUT2D eigenvalue weighted by atomic mass is 32.1. The van der Waals surface area contributed by atoms with Crippen molar-refractivity contribution in [3.05, 3.63) is 62.6 Å². The van der Waals surface area contributed by atoms with Crippen molar-refractivity contribution in [3.63, 3.8) is 0 Å². The molecule has 4 aromatic rings. The first kappa shape index (κ1) is 17.5. The number of H-pyrrole nitrogens is 1. The van der Waals surface area contributed by atoms with Gasteiger partial charge in [-0.3, -0.25) is 14.2 Å². The van der Waals surface area contributed by atoms with E-state index in [0.717, 1.165) is 22.3 Å². The number of aromatic amines is 1. The van der Waals surface area contributed by atoms with Gasteiger partial charge in [-0.2, -0.15) is 0 Å². The van der Waals surface area contributed by atoms with Gasteiger partial charge in [-0.15, -0.1) is 11.3 Å². The minimum atomic E-state index is -0.219. The summed E-state index contributed by atoms with van der Waals surface area (Å²) in [7, 11) is 0. The van der Waals surface area contributed by atoms with Crippen LogP contribution in [0.25, 0.3) is 21.1 Å². The van der Waals surface area contributed by atoms with Gasteiger partial charge in [0, 0.05) is 17.6 Å². The van der Waals surface area contributed by atoms with Crippen LogP contribution in [0.3, 0.4) is 0 Å². The molecule has 1 aromatic carbocycles. The summed E-state index contributed by atoms with van der Waals surface area (Å²) in [4.78, 5) is 33.1. The van der Waals surface area contributed by atoms with Crippen molar-refractivity contribution in [2.45, 2.75) is 33.9 Å². The van der Waals surface area contributed by atoms with Gasteiger partial charge in [-0.1, -0.05) is 11.6 Å². The molecule has 0 unspecified atom stereocenters. The predicted octanol–water partition coefficient (Wildman–Crippen LogP) is 3.18. The SMILES string of the molecule is Cc1cc(CNC(=O)Cn2cnc3sccc3c2=O)c2[nH]c(C)c(C)c2c1. The zero-order valence-corrected chi connectivity index (χ0v) is 16.2. The predicted molar refractivity (Wildman–Crippen MR) is 108 cm³/mol. The second-order valence-corrected chi connectivity index (χ2v) is 7.71. The molecule has 2 N–H and O–H groups in total. The van der Waals surface area contributed by atoms with Gasteiger partial charge < -0.3 is 10.3 Å². The molecule has 0 aliphatic heterocycles. The molecule has 0 spiro atoms. The smallest absolute Gasteiger partial charge is 0.262 e. The monoisotopic (exact) mass is 380 g/mol. The summed E-state index contributed by atoms with van der Waals surface area (Å²) in [6, 6.07) is 5.97. The van der Waals surface area contributed by atoms with Crippen LogP contribution >= 0.6 is 11.3 Å². The molecule has 0 fully saturated rings. The number of amides is 1. The molecule has 1 amide bonds. The normalized spacial score (nSPS) is 11.4. The lowest BCUT2D eigenvalue weighted by Gasteiger charge is -2.09. The Balaban J connectivity index is 1.54. The third-order valence-corrected chi connectivity index (χ3v) is 5.70. The first-order valence-corrected chi connectivity index (χ1v) is 9.59. The Bertz CT molecular complexity index is 1230. The number of hydrogen-bond acceptors (Lipinski definition) is 4. The van der Waals surface area contributed by atoms with Gasteiger partial charge in [-0.25, -0.2) is 4.98 Å². The van der Waals surface area contributed by atoms with Crippen molar-refractivity contribution in [3.8, 4) is 0 Å². The van der Waals surface area contributed by atoms with E-state index in [-0.39, 0.29) is 18.0 Å². The highest BCUT2D eigenvalue weighted by Crippen LogP contribution is 2.26. The summed E-state index contributed by atoms with van der Waals surface area (Å²) >= 11 is 1.41. The summed E-state index contributed by atoms with van der Waals surface area (Å²) in [6.45, 7) is 6.55. The zero-order chi connectivity index (χ0) is 19.1. The van der Waals surface area contributed by atoms with E-state index in [9.17, 15) is 9.59 Å².